The number of hydrogen-bond donors (Lipinski definition) is 0. The summed E-state index contributed by atoms with van der Waals surface area (Å²) in [6.45, 7) is 6.45. The maximum absolute atomic E-state index is 7.41. The van der Waals surface area contributed by atoms with Gasteiger partial charge in [0.1, 0.15) is 22.8 Å². The quantitative estimate of drug-likeness (QED) is 0.205. The summed E-state index contributed by atoms with van der Waals surface area (Å²) in [6.07, 6.45) is 5.25. The maximum Gasteiger partial charge on any atom is 0.178 e. The molecule has 5 aromatic rings. The minimum Gasteiger partial charge on any atom is -0.497 e. The lowest BCUT2D eigenvalue weighted by Crippen LogP contribution is -2.35. The van der Waals surface area contributed by atoms with Crippen LogP contribution in [0.3, 0.4) is 0 Å². The molecular formula is C39H36O4. The molecule has 5 aromatic carbocycles. The minimum absolute atomic E-state index is 0.605. The van der Waals surface area contributed by atoms with E-state index in [2.05, 4.69) is 99.7 Å². The second-order valence-corrected chi connectivity index (χ2v) is 11.6. The van der Waals surface area contributed by atoms with Crippen LogP contribution in [-0.2, 0) is 15.9 Å². The summed E-state index contributed by atoms with van der Waals surface area (Å²) < 4.78 is 25.2. The van der Waals surface area contributed by atoms with Crippen molar-refractivity contribution in [3.63, 3.8) is 0 Å². The summed E-state index contributed by atoms with van der Waals surface area (Å²) in [5.74, 6) is 2.41. The molecule has 2 aliphatic rings. The maximum atomic E-state index is 7.41. The van der Waals surface area contributed by atoms with Crippen molar-refractivity contribution in [1.29, 1.82) is 0 Å². The normalized spacial score (nSPS) is 19.9. The van der Waals surface area contributed by atoms with Crippen molar-refractivity contribution < 1.29 is 18.9 Å². The van der Waals surface area contributed by atoms with Crippen LogP contribution in [0.2, 0.25) is 0 Å². The fourth-order valence-electron chi connectivity index (χ4n) is 7.13. The molecule has 216 valence electrons. The Balaban J connectivity index is 1.58. The number of aryl methyl sites for hydroxylation is 2. The number of fused-ring (bicyclic) bond motifs is 8. The second kappa shape index (κ2) is 10.0. The molecule has 0 bridgehead atoms. The molecule has 0 radical (unpaired) electrons. The molecular weight excluding hydrogens is 532 g/mol. The first-order valence-electron chi connectivity index (χ1n) is 14.8. The van der Waals surface area contributed by atoms with Gasteiger partial charge in [-0.25, -0.2) is 0 Å². The van der Waals surface area contributed by atoms with Gasteiger partial charge in [-0.1, -0.05) is 78.7 Å². The lowest BCUT2D eigenvalue weighted by molar-refractivity contribution is 0.0219. The number of benzene rings is 5. The molecule has 0 fully saturated rings. The molecule has 4 heteroatoms. The largest absolute Gasteiger partial charge is 0.497 e. The molecule has 43 heavy (non-hydrogen) atoms. The Morgan fingerprint density at radius 1 is 0.698 bits per heavy atom. The van der Waals surface area contributed by atoms with Crippen LogP contribution in [0.5, 0.6) is 17.2 Å². The van der Waals surface area contributed by atoms with Crippen LogP contribution < -0.4 is 14.2 Å². The molecule has 0 saturated heterocycles. The van der Waals surface area contributed by atoms with E-state index in [0.29, 0.717) is 0 Å². The number of methoxy groups -OCH3 is 3. The van der Waals surface area contributed by atoms with E-state index >= 15 is 0 Å². The van der Waals surface area contributed by atoms with Gasteiger partial charge >= 0.3 is 0 Å². The molecule has 7 rings (SSSR count). The van der Waals surface area contributed by atoms with Crippen molar-refractivity contribution in [2.24, 2.45) is 0 Å². The number of hydrogen-bond acceptors (Lipinski definition) is 4. The van der Waals surface area contributed by atoms with E-state index in [0.717, 1.165) is 56.7 Å². The molecule has 1 heterocycles. The van der Waals surface area contributed by atoms with Gasteiger partial charge in [0.25, 0.3) is 0 Å². The predicted molar refractivity (Wildman–Crippen MR) is 173 cm³/mol. The highest BCUT2D eigenvalue weighted by molar-refractivity contribution is 6.08. The standard InChI is InChI=1S/C39H36O4/c1-7-38(42-6)34-22-25(3)10-18-31(34)35-30-19-17-29(41-5)23-33(30)37-32(36(35)38)20-21-39(43-37,26-11-8-24(2)9-12-26)27-13-15-28(40-4)16-14-27/h8-23H,7H2,1-6H3. The topological polar surface area (TPSA) is 36.9 Å². The van der Waals surface area contributed by atoms with Gasteiger partial charge in [-0.05, 0) is 78.8 Å². The molecule has 0 amide bonds. The third-order valence-corrected chi connectivity index (χ3v) is 9.38. The number of rotatable bonds is 6. The van der Waals surface area contributed by atoms with Crippen LogP contribution in [0.1, 0.15) is 52.3 Å². The zero-order chi connectivity index (χ0) is 29.9. The van der Waals surface area contributed by atoms with Crippen molar-refractivity contribution in [2.75, 3.05) is 21.3 Å². The van der Waals surface area contributed by atoms with Gasteiger partial charge in [0.2, 0.25) is 0 Å². The highest BCUT2D eigenvalue weighted by Gasteiger charge is 2.48. The molecule has 1 aliphatic carbocycles. The Bertz CT molecular complexity index is 1900. The lowest BCUT2D eigenvalue weighted by atomic mass is 9.79. The minimum atomic E-state index is -0.860. The average molecular weight is 569 g/mol. The van der Waals surface area contributed by atoms with Gasteiger partial charge < -0.3 is 18.9 Å². The van der Waals surface area contributed by atoms with E-state index in [1.165, 1.54) is 27.8 Å². The first-order valence-corrected chi connectivity index (χ1v) is 14.8. The Kier molecular flexibility index (Phi) is 6.37. The Hall–Kier alpha value is -4.54. The van der Waals surface area contributed by atoms with Crippen LogP contribution in [0.15, 0.2) is 91.0 Å². The highest BCUT2D eigenvalue weighted by atomic mass is 16.5. The first kappa shape index (κ1) is 27.3. The first-order chi connectivity index (χ1) is 20.9. The third kappa shape index (κ3) is 3.86. The molecule has 2 unspecified atom stereocenters. The fourth-order valence-corrected chi connectivity index (χ4v) is 7.13. The van der Waals surface area contributed by atoms with Crippen LogP contribution in [0, 0.1) is 13.8 Å². The Labute approximate surface area is 253 Å². The molecule has 2 atom stereocenters. The SMILES string of the molecule is CCC1(OC)c2cc(C)ccc2-c2c1c1c(c3cc(OC)ccc23)OC(c2ccc(C)cc2)(c2ccc(OC)cc2)C=C1. The van der Waals surface area contributed by atoms with Gasteiger partial charge in [0, 0.05) is 34.7 Å². The summed E-state index contributed by atoms with van der Waals surface area (Å²) >= 11 is 0. The zero-order valence-corrected chi connectivity index (χ0v) is 25.6. The van der Waals surface area contributed by atoms with Crippen LogP contribution in [0.25, 0.3) is 28.0 Å². The van der Waals surface area contributed by atoms with Crippen molar-refractivity contribution in [3.8, 4) is 28.4 Å². The van der Waals surface area contributed by atoms with Crippen LogP contribution >= 0.6 is 0 Å². The van der Waals surface area contributed by atoms with E-state index in [1.807, 2.05) is 25.3 Å². The Morgan fingerprint density at radius 2 is 1.35 bits per heavy atom. The van der Waals surface area contributed by atoms with E-state index in [4.69, 9.17) is 18.9 Å². The van der Waals surface area contributed by atoms with Crippen LogP contribution in [0.4, 0.5) is 0 Å². The molecule has 0 aromatic heterocycles. The molecule has 0 N–H and O–H groups in total. The van der Waals surface area contributed by atoms with Gasteiger partial charge in [0.05, 0.1) is 14.2 Å². The fraction of sp³-hybridized carbons (Fsp3) is 0.231. The lowest BCUT2D eigenvalue weighted by Gasteiger charge is -2.39. The van der Waals surface area contributed by atoms with E-state index < -0.39 is 11.2 Å². The molecule has 0 spiro atoms. The van der Waals surface area contributed by atoms with Crippen molar-refractivity contribution in [3.05, 3.63) is 130 Å². The number of ether oxygens (including phenoxy) is 4. The van der Waals surface area contributed by atoms with Gasteiger partial charge in [0.15, 0.2) is 5.60 Å². The Morgan fingerprint density at radius 3 is 2.00 bits per heavy atom. The summed E-state index contributed by atoms with van der Waals surface area (Å²) in [5.41, 5.74) is 8.84. The third-order valence-electron chi connectivity index (χ3n) is 9.38. The van der Waals surface area contributed by atoms with E-state index in [1.54, 1.807) is 14.2 Å². The highest BCUT2D eigenvalue weighted by Crippen LogP contribution is 2.60. The smallest absolute Gasteiger partial charge is 0.178 e. The van der Waals surface area contributed by atoms with E-state index in [9.17, 15) is 0 Å². The monoisotopic (exact) mass is 568 g/mol. The molecule has 4 nitrogen and oxygen atoms in total. The van der Waals surface area contributed by atoms with Crippen LogP contribution in [-0.4, -0.2) is 21.3 Å². The molecule has 0 saturated carbocycles. The van der Waals surface area contributed by atoms with Gasteiger partial charge in [-0.2, -0.15) is 0 Å². The molecule has 1 aliphatic heterocycles. The van der Waals surface area contributed by atoms with Gasteiger partial charge in [-0.3, -0.25) is 0 Å². The summed E-state index contributed by atoms with van der Waals surface area (Å²) in [7, 11) is 5.23. The average Bonchev–Trinajstić information content (AvgIpc) is 3.34. The van der Waals surface area contributed by atoms with Gasteiger partial charge in [-0.15, -0.1) is 0 Å². The van der Waals surface area contributed by atoms with Crippen molar-refractivity contribution in [1.82, 2.24) is 0 Å². The zero-order valence-electron chi connectivity index (χ0n) is 25.6. The second-order valence-electron chi connectivity index (χ2n) is 11.6. The predicted octanol–water partition coefficient (Wildman–Crippen LogP) is 9.10. The van der Waals surface area contributed by atoms with Crippen molar-refractivity contribution in [2.45, 2.75) is 38.4 Å². The summed E-state index contributed by atoms with van der Waals surface area (Å²) in [6, 6.07) is 29.8. The van der Waals surface area contributed by atoms with E-state index in [-0.39, 0.29) is 0 Å². The van der Waals surface area contributed by atoms with Crippen molar-refractivity contribution >= 4 is 16.8 Å². The summed E-state index contributed by atoms with van der Waals surface area (Å²) in [5, 5.41) is 2.13. The summed E-state index contributed by atoms with van der Waals surface area (Å²) in [4.78, 5) is 0.